The smallest absolute Gasteiger partial charge is 0.246 e. The maximum Gasteiger partial charge on any atom is 0.246 e. The van der Waals surface area contributed by atoms with Crippen molar-refractivity contribution in [3.05, 3.63) is 35.9 Å². The lowest BCUT2D eigenvalue weighted by molar-refractivity contribution is -0.140. The molecular weight excluding hydrogens is 334 g/mol. The zero-order valence-electron chi connectivity index (χ0n) is 15.2. The van der Waals surface area contributed by atoms with Crippen molar-refractivity contribution in [1.29, 1.82) is 0 Å². The van der Waals surface area contributed by atoms with Gasteiger partial charge in [0.2, 0.25) is 17.7 Å². The van der Waals surface area contributed by atoms with Crippen LogP contribution in [-0.4, -0.2) is 53.6 Å². The van der Waals surface area contributed by atoms with Crippen molar-refractivity contribution in [2.45, 2.75) is 45.2 Å². The number of hydrogen-bond donors (Lipinski definition) is 2. The van der Waals surface area contributed by atoms with E-state index in [0.29, 0.717) is 19.4 Å². The normalized spacial score (nSPS) is 17.5. The summed E-state index contributed by atoms with van der Waals surface area (Å²) < 4.78 is 0. The van der Waals surface area contributed by atoms with Crippen LogP contribution in [0.1, 0.15) is 32.3 Å². The van der Waals surface area contributed by atoms with E-state index in [1.807, 2.05) is 30.3 Å². The Kier molecular flexibility index (Phi) is 6.89. The fourth-order valence-corrected chi connectivity index (χ4v) is 3.15. The molecule has 0 radical (unpaired) electrons. The average Bonchev–Trinajstić information content (AvgIpc) is 3.09. The first-order valence-corrected chi connectivity index (χ1v) is 8.77. The van der Waals surface area contributed by atoms with Crippen LogP contribution in [0, 0.1) is 0 Å². The Morgan fingerprint density at radius 2 is 1.85 bits per heavy atom. The molecule has 1 fully saturated rings. The maximum atomic E-state index is 13.0. The molecule has 2 rings (SSSR count). The van der Waals surface area contributed by atoms with Crippen molar-refractivity contribution in [2.75, 3.05) is 13.1 Å². The summed E-state index contributed by atoms with van der Waals surface area (Å²) in [5.74, 6) is -1.06. The average molecular weight is 359 g/mol. The summed E-state index contributed by atoms with van der Waals surface area (Å²) in [4.78, 5) is 49.5. The SMILES string of the molecule is CC(=O)NCC(=O)N[C@@H](Cc1ccccc1)C(=O)N1CCCC1C(C)=O. The second kappa shape index (κ2) is 9.12. The summed E-state index contributed by atoms with van der Waals surface area (Å²) >= 11 is 0. The van der Waals surface area contributed by atoms with Crippen molar-refractivity contribution in [3.63, 3.8) is 0 Å². The van der Waals surface area contributed by atoms with Gasteiger partial charge in [0, 0.05) is 19.9 Å². The zero-order valence-corrected chi connectivity index (χ0v) is 15.2. The van der Waals surface area contributed by atoms with Crippen LogP contribution in [0.2, 0.25) is 0 Å². The molecular formula is C19H25N3O4. The van der Waals surface area contributed by atoms with Gasteiger partial charge in [-0.3, -0.25) is 19.2 Å². The Bertz CT molecular complexity index is 675. The molecule has 140 valence electrons. The van der Waals surface area contributed by atoms with E-state index in [1.54, 1.807) is 4.90 Å². The predicted octanol–water partition coefficient (Wildman–Crippen LogP) is 0.430. The highest BCUT2D eigenvalue weighted by atomic mass is 16.2. The van der Waals surface area contributed by atoms with Crippen LogP contribution in [0.25, 0.3) is 0 Å². The minimum absolute atomic E-state index is 0.0427. The summed E-state index contributed by atoms with van der Waals surface area (Å²) in [5, 5.41) is 5.12. The van der Waals surface area contributed by atoms with Gasteiger partial charge >= 0.3 is 0 Å². The molecule has 1 aliphatic heterocycles. The lowest BCUT2D eigenvalue weighted by atomic mass is 10.0. The van der Waals surface area contributed by atoms with Crippen LogP contribution in [0.3, 0.4) is 0 Å². The second-order valence-corrected chi connectivity index (χ2v) is 6.52. The Morgan fingerprint density at radius 1 is 1.15 bits per heavy atom. The Labute approximate surface area is 153 Å². The third-order valence-electron chi connectivity index (χ3n) is 4.42. The number of nitrogens with one attached hydrogen (secondary N) is 2. The first-order chi connectivity index (χ1) is 12.4. The number of hydrogen-bond acceptors (Lipinski definition) is 4. The predicted molar refractivity (Wildman–Crippen MR) is 96.2 cm³/mol. The second-order valence-electron chi connectivity index (χ2n) is 6.52. The highest BCUT2D eigenvalue weighted by molar-refractivity contribution is 5.93. The molecule has 0 spiro atoms. The number of Topliss-reactive ketones (excluding diaryl/α,β-unsaturated/α-hetero) is 1. The topological polar surface area (TPSA) is 95.6 Å². The third-order valence-corrected chi connectivity index (χ3v) is 4.42. The monoisotopic (exact) mass is 359 g/mol. The molecule has 0 aromatic heterocycles. The molecule has 0 saturated carbocycles. The number of benzene rings is 1. The van der Waals surface area contributed by atoms with Crippen LogP contribution in [0.15, 0.2) is 30.3 Å². The van der Waals surface area contributed by atoms with Crippen molar-refractivity contribution in [1.82, 2.24) is 15.5 Å². The van der Waals surface area contributed by atoms with Gasteiger partial charge in [-0.25, -0.2) is 0 Å². The van der Waals surface area contributed by atoms with E-state index >= 15 is 0 Å². The standard InChI is InChI=1S/C19H25N3O4/c1-13(23)17-9-6-10-22(17)19(26)16(11-15-7-4-3-5-8-15)21-18(25)12-20-14(2)24/h3-5,7-8,16-17H,6,9-12H2,1-2H3,(H,20,24)(H,21,25)/t16-,17?/m0/s1. The van der Waals surface area contributed by atoms with Gasteiger partial charge in [-0.2, -0.15) is 0 Å². The molecule has 1 saturated heterocycles. The molecule has 7 nitrogen and oxygen atoms in total. The van der Waals surface area contributed by atoms with Gasteiger partial charge in [0.05, 0.1) is 12.6 Å². The van der Waals surface area contributed by atoms with E-state index in [1.165, 1.54) is 13.8 Å². The van der Waals surface area contributed by atoms with E-state index in [-0.39, 0.29) is 24.1 Å². The number of likely N-dealkylation sites (tertiary alicyclic amines) is 1. The highest BCUT2D eigenvalue weighted by Crippen LogP contribution is 2.20. The molecule has 1 aromatic carbocycles. The van der Waals surface area contributed by atoms with Crippen LogP contribution in [0.5, 0.6) is 0 Å². The van der Waals surface area contributed by atoms with Gasteiger partial charge in [-0.15, -0.1) is 0 Å². The molecule has 1 aliphatic rings. The maximum absolute atomic E-state index is 13.0. The summed E-state index contributed by atoms with van der Waals surface area (Å²) in [7, 11) is 0. The number of nitrogens with zero attached hydrogens (tertiary/aromatic N) is 1. The minimum atomic E-state index is -0.779. The van der Waals surface area contributed by atoms with Gasteiger partial charge in [0.15, 0.2) is 5.78 Å². The molecule has 1 heterocycles. The zero-order chi connectivity index (χ0) is 19.1. The van der Waals surface area contributed by atoms with Crippen molar-refractivity contribution in [2.24, 2.45) is 0 Å². The van der Waals surface area contributed by atoms with E-state index in [2.05, 4.69) is 10.6 Å². The molecule has 26 heavy (non-hydrogen) atoms. The quantitative estimate of drug-likeness (QED) is 0.738. The van der Waals surface area contributed by atoms with Gasteiger partial charge in [0.25, 0.3) is 0 Å². The first kappa shape index (κ1) is 19.6. The fraction of sp³-hybridized carbons (Fsp3) is 0.474. The minimum Gasteiger partial charge on any atom is -0.347 e. The molecule has 1 unspecified atom stereocenters. The lowest BCUT2D eigenvalue weighted by Crippen LogP contribution is -2.53. The summed E-state index contributed by atoms with van der Waals surface area (Å²) in [6.07, 6.45) is 1.75. The fourth-order valence-electron chi connectivity index (χ4n) is 3.15. The summed E-state index contributed by atoms with van der Waals surface area (Å²) in [6, 6.07) is 8.17. The van der Waals surface area contributed by atoms with E-state index in [9.17, 15) is 19.2 Å². The summed E-state index contributed by atoms with van der Waals surface area (Å²) in [6.45, 7) is 3.12. The van der Waals surface area contributed by atoms with E-state index < -0.39 is 18.0 Å². The third kappa shape index (κ3) is 5.40. The van der Waals surface area contributed by atoms with E-state index in [4.69, 9.17) is 0 Å². The van der Waals surface area contributed by atoms with Crippen LogP contribution >= 0.6 is 0 Å². The van der Waals surface area contributed by atoms with Crippen molar-refractivity contribution < 1.29 is 19.2 Å². The Hall–Kier alpha value is -2.70. The molecule has 2 atom stereocenters. The number of rotatable bonds is 7. The lowest BCUT2D eigenvalue weighted by Gasteiger charge is -2.28. The number of carbonyl (C=O) groups excluding carboxylic acids is 4. The van der Waals surface area contributed by atoms with Crippen LogP contribution in [-0.2, 0) is 25.6 Å². The Balaban J connectivity index is 2.13. The molecule has 7 heteroatoms. The van der Waals surface area contributed by atoms with E-state index in [0.717, 1.165) is 12.0 Å². The first-order valence-electron chi connectivity index (χ1n) is 8.77. The van der Waals surface area contributed by atoms with Gasteiger partial charge in [-0.1, -0.05) is 30.3 Å². The highest BCUT2D eigenvalue weighted by Gasteiger charge is 2.36. The molecule has 1 aromatic rings. The van der Waals surface area contributed by atoms with Gasteiger partial charge in [-0.05, 0) is 25.3 Å². The van der Waals surface area contributed by atoms with Gasteiger partial charge in [0.1, 0.15) is 6.04 Å². The Morgan fingerprint density at radius 3 is 2.46 bits per heavy atom. The summed E-state index contributed by atoms with van der Waals surface area (Å²) in [5.41, 5.74) is 0.907. The van der Waals surface area contributed by atoms with Crippen LogP contribution in [0.4, 0.5) is 0 Å². The largest absolute Gasteiger partial charge is 0.347 e. The van der Waals surface area contributed by atoms with Gasteiger partial charge < -0.3 is 15.5 Å². The molecule has 3 amide bonds. The molecule has 0 bridgehead atoms. The number of carbonyl (C=O) groups is 4. The van der Waals surface area contributed by atoms with Crippen molar-refractivity contribution in [3.8, 4) is 0 Å². The molecule has 0 aliphatic carbocycles. The molecule has 2 N–H and O–H groups in total. The van der Waals surface area contributed by atoms with Crippen molar-refractivity contribution >= 4 is 23.5 Å². The van der Waals surface area contributed by atoms with Crippen LogP contribution < -0.4 is 10.6 Å². The number of ketones is 1. The number of amides is 3.